The third-order valence-corrected chi connectivity index (χ3v) is 4.75. The molecule has 0 aliphatic heterocycles. The number of hydrogen-bond acceptors (Lipinski definition) is 4. The summed E-state index contributed by atoms with van der Waals surface area (Å²) in [5, 5.41) is 9.96. The number of carbonyl (C=O) groups is 1. The maximum Gasteiger partial charge on any atom is 0.273 e. The molecule has 1 aromatic heterocycles. The van der Waals surface area contributed by atoms with Gasteiger partial charge in [-0.15, -0.1) is 0 Å². The summed E-state index contributed by atoms with van der Waals surface area (Å²) in [7, 11) is 3.25. The summed E-state index contributed by atoms with van der Waals surface area (Å²) in [4.78, 5) is 12.7. The van der Waals surface area contributed by atoms with E-state index in [1.807, 2.05) is 66.7 Å². The van der Waals surface area contributed by atoms with Crippen molar-refractivity contribution in [3.8, 4) is 33.9 Å². The van der Waals surface area contributed by atoms with E-state index in [2.05, 4.69) is 15.5 Å². The Morgan fingerprint density at radius 1 is 0.867 bits per heavy atom. The smallest absolute Gasteiger partial charge is 0.273 e. The summed E-state index contributed by atoms with van der Waals surface area (Å²) in [5.41, 5.74) is 4.52. The first-order valence-electron chi connectivity index (χ1n) is 9.42. The Bertz CT molecular complexity index is 1150. The summed E-state index contributed by atoms with van der Waals surface area (Å²) in [5.74, 6) is 1.22. The second-order valence-electron chi connectivity index (χ2n) is 6.63. The number of aromatic nitrogens is 2. The molecule has 6 heteroatoms. The third-order valence-electron chi connectivity index (χ3n) is 4.75. The van der Waals surface area contributed by atoms with Gasteiger partial charge in [-0.05, 0) is 42.0 Å². The Hall–Kier alpha value is -4.06. The van der Waals surface area contributed by atoms with Gasteiger partial charge in [0.15, 0.2) is 0 Å². The predicted molar refractivity (Wildman–Crippen MR) is 117 cm³/mol. The summed E-state index contributed by atoms with van der Waals surface area (Å²) < 4.78 is 10.7. The largest absolute Gasteiger partial charge is 0.497 e. The topological polar surface area (TPSA) is 76.2 Å². The number of carbonyl (C=O) groups excluding carboxylic acids is 1. The van der Waals surface area contributed by atoms with Gasteiger partial charge in [-0.1, -0.05) is 42.5 Å². The first kappa shape index (κ1) is 19.3. The molecule has 0 saturated heterocycles. The summed E-state index contributed by atoms with van der Waals surface area (Å²) >= 11 is 0. The minimum absolute atomic E-state index is 0.268. The lowest BCUT2D eigenvalue weighted by Crippen LogP contribution is -2.12. The van der Waals surface area contributed by atoms with Gasteiger partial charge >= 0.3 is 0 Å². The highest BCUT2D eigenvalue weighted by Crippen LogP contribution is 2.33. The van der Waals surface area contributed by atoms with Gasteiger partial charge < -0.3 is 14.8 Å². The molecule has 3 aromatic carbocycles. The molecule has 0 aliphatic rings. The zero-order valence-electron chi connectivity index (χ0n) is 16.7. The van der Waals surface area contributed by atoms with Crippen LogP contribution in [-0.2, 0) is 0 Å². The highest BCUT2D eigenvalue weighted by molar-refractivity contribution is 6.03. The number of H-pyrrole nitrogens is 1. The highest BCUT2D eigenvalue weighted by Gasteiger charge is 2.13. The number of ether oxygens (including phenoxy) is 2. The first-order valence-corrected chi connectivity index (χ1v) is 9.42. The van der Waals surface area contributed by atoms with E-state index in [-0.39, 0.29) is 5.91 Å². The van der Waals surface area contributed by atoms with Gasteiger partial charge in [0, 0.05) is 16.8 Å². The molecule has 6 nitrogen and oxygen atoms in total. The van der Waals surface area contributed by atoms with Gasteiger partial charge in [0.2, 0.25) is 0 Å². The molecule has 0 aliphatic carbocycles. The molecule has 1 heterocycles. The molecule has 0 fully saturated rings. The number of nitrogens with one attached hydrogen (secondary N) is 2. The molecule has 0 bridgehead atoms. The van der Waals surface area contributed by atoms with Crippen LogP contribution in [0.4, 0.5) is 5.69 Å². The number of nitrogens with zero attached hydrogens (tertiary/aromatic N) is 1. The SMILES string of the molecule is COc1ccc(-c2cc(NC(=O)c3cc(-c4ccccc4)n[nH]3)ccc2OC)cc1. The van der Waals surface area contributed by atoms with Crippen molar-refractivity contribution in [3.63, 3.8) is 0 Å². The van der Waals surface area contributed by atoms with Crippen LogP contribution in [0.15, 0.2) is 78.9 Å². The molecule has 0 radical (unpaired) electrons. The van der Waals surface area contributed by atoms with E-state index in [0.29, 0.717) is 17.1 Å². The maximum absolute atomic E-state index is 12.7. The second-order valence-corrected chi connectivity index (χ2v) is 6.63. The number of benzene rings is 3. The lowest BCUT2D eigenvalue weighted by atomic mass is 10.0. The van der Waals surface area contributed by atoms with Crippen molar-refractivity contribution in [2.75, 3.05) is 19.5 Å². The molecular formula is C24H21N3O3. The van der Waals surface area contributed by atoms with Crippen LogP contribution in [-0.4, -0.2) is 30.3 Å². The zero-order valence-corrected chi connectivity index (χ0v) is 16.7. The van der Waals surface area contributed by atoms with Crippen LogP contribution in [0.3, 0.4) is 0 Å². The van der Waals surface area contributed by atoms with Crippen LogP contribution in [0.5, 0.6) is 11.5 Å². The minimum atomic E-state index is -0.268. The fourth-order valence-electron chi connectivity index (χ4n) is 3.18. The standard InChI is InChI=1S/C24H21N3O3/c1-29-19-11-8-16(9-12-19)20-14-18(10-13-23(20)30-2)25-24(28)22-15-21(26-27-22)17-6-4-3-5-7-17/h3-15H,1-2H3,(H,25,28)(H,26,27). The van der Waals surface area contributed by atoms with Crippen molar-refractivity contribution in [1.29, 1.82) is 0 Å². The molecule has 2 N–H and O–H groups in total. The van der Waals surface area contributed by atoms with Crippen molar-refractivity contribution in [2.45, 2.75) is 0 Å². The van der Waals surface area contributed by atoms with Gasteiger partial charge in [-0.3, -0.25) is 9.89 Å². The van der Waals surface area contributed by atoms with E-state index in [1.54, 1.807) is 26.4 Å². The molecular weight excluding hydrogens is 378 g/mol. The van der Waals surface area contributed by atoms with Gasteiger partial charge in [0.1, 0.15) is 17.2 Å². The maximum atomic E-state index is 12.7. The third kappa shape index (κ3) is 4.03. The first-order chi connectivity index (χ1) is 14.7. The van der Waals surface area contributed by atoms with Crippen molar-refractivity contribution in [2.24, 2.45) is 0 Å². The molecule has 0 spiro atoms. The van der Waals surface area contributed by atoms with Gasteiger partial charge in [-0.25, -0.2) is 0 Å². The van der Waals surface area contributed by atoms with Crippen LogP contribution in [0.25, 0.3) is 22.4 Å². The molecule has 0 atom stereocenters. The Morgan fingerprint density at radius 2 is 1.63 bits per heavy atom. The Morgan fingerprint density at radius 3 is 2.33 bits per heavy atom. The quantitative estimate of drug-likeness (QED) is 0.478. The number of anilines is 1. The molecule has 1 amide bonds. The fraction of sp³-hybridized carbons (Fsp3) is 0.0833. The Balaban J connectivity index is 1.57. The fourth-order valence-corrected chi connectivity index (χ4v) is 3.18. The van der Waals surface area contributed by atoms with E-state index in [0.717, 1.165) is 28.1 Å². The van der Waals surface area contributed by atoms with Crippen molar-refractivity contribution in [1.82, 2.24) is 10.2 Å². The average molecular weight is 399 g/mol. The molecule has 4 rings (SSSR count). The van der Waals surface area contributed by atoms with Crippen LogP contribution in [0.1, 0.15) is 10.5 Å². The van der Waals surface area contributed by atoms with E-state index in [9.17, 15) is 4.79 Å². The van der Waals surface area contributed by atoms with Crippen LogP contribution < -0.4 is 14.8 Å². The van der Waals surface area contributed by atoms with E-state index in [1.165, 1.54) is 0 Å². The zero-order chi connectivity index (χ0) is 20.9. The van der Waals surface area contributed by atoms with Crippen LogP contribution in [0, 0.1) is 0 Å². The second kappa shape index (κ2) is 8.53. The van der Waals surface area contributed by atoms with Crippen LogP contribution in [0.2, 0.25) is 0 Å². The molecule has 30 heavy (non-hydrogen) atoms. The number of amides is 1. The number of rotatable bonds is 6. The molecule has 0 saturated carbocycles. The highest BCUT2D eigenvalue weighted by atomic mass is 16.5. The molecule has 0 unspecified atom stereocenters. The minimum Gasteiger partial charge on any atom is -0.497 e. The number of methoxy groups -OCH3 is 2. The van der Waals surface area contributed by atoms with Crippen molar-refractivity contribution in [3.05, 3.63) is 84.6 Å². The van der Waals surface area contributed by atoms with Gasteiger partial charge in [0.05, 0.1) is 19.9 Å². The van der Waals surface area contributed by atoms with Crippen molar-refractivity contribution < 1.29 is 14.3 Å². The normalized spacial score (nSPS) is 10.5. The van der Waals surface area contributed by atoms with Gasteiger partial charge in [-0.2, -0.15) is 5.10 Å². The lowest BCUT2D eigenvalue weighted by Gasteiger charge is -2.12. The lowest BCUT2D eigenvalue weighted by molar-refractivity contribution is 0.102. The van der Waals surface area contributed by atoms with E-state index >= 15 is 0 Å². The van der Waals surface area contributed by atoms with Crippen molar-refractivity contribution >= 4 is 11.6 Å². The van der Waals surface area contributed by atoms with Crippen LogP contribution >= 0.6 is 0 Å². The number of hydrogen-bond donors (Lipinski definition) is 2. The Kier molecular flexibility index (Phi) is 5.48. The Labute approximate surface area is 174 Å². The summed E-state index contributed by atoms with van der Waals surface area (Å²) in [6.45, 7) is 0. The average Bonchev–Trinajstić information content (AvgIpc) is 3.30. The van der Waals surface area contributed by atoms with E-state index in [4.69, 9.17) is 9.47 Å². The summed E-state index contributed by atoms with van der Waals surface area (Å²) in [6.07, 6.45) is 0. The van der Waals surface area contributed by atoms with E-state index < -0.39 is 0 Å². The van der Waals surface area contributed by atoms with Gasteiger partial charge in [0.25, 0.3) is 5.91 Å². The molecule has 150 valence electrons. The number of aromatic amines is 1. The molecule has 4 aromatic rings. The predicted octanol–water partition coefficient (Wildman–Crippen LogP) is 5.01. The summed E-state index contributed by atoms with van der Waals surface area (Å²) in [6, 6.07) is 24.6. The monoisotopic (exact) mass is 399 g/mol.